The maximum atomic E-state index is 13.0. The van der Waals surface area contributed by atoms with Crippen LogP contribution >= 0.6 is 0 Å². The second-order valence-electron chi connectivity index (χ2n) is 7.66. The van der Waals surface area contributed by atoms with Gasteiger partial charge in [-0.15, -0.1) is 5.54 Å². The summed E-state index contributed by atoms with van der Waals surface area (Å²) in [5.74, 6) is 2.78. The van der Waals surface area contributed by atoms with Crippen molar-refractivity contribution in [3.63, 3.8) is 0 Å². The maximum Gasteiger partial charge on any atom is 0.416 e. The lowest BCUT2D eigenvalue weighted by Crippen LogP contribution is -2.43. The van der Waals surface area contributed by atoms with Crippen LogP contribution < -0.4 is 4.90 Å². The first-order valence-electron chi connectivity index (χ1n) is 8.57. The zero-order chi connectivity index (χ0) is 20.0. The van der Waals surface area contributed by atoms with Crippen LogP contribution in [0.15, 0.2) is 30.5 Å². The number of rotatable bonds is 1. The van der Waals surface area contributed by atoms with E-state index in [0.717, 1.165) is 12.1 Å². The van der Waals surface area contributed by atoms with Crippen LogP contribution in [0.25, 0.3) is 0 Å². The molecule has 0 unspecified atom stereocenters. The molecule has 8 heteroatoms. The lowest BCUT2D eigenvalue weighted by molar-refractivity contribution is -0.137. The van der Waals surface area contributed by atoms with E-state index < -0.39 is 19.8 Å². The van der Waals surface area contributed by atoms with Crippen molar-refractivity contribution in [3.05, 3.63) is 47.3 Å². The van der Waals surface area contributed by atoms with Gasteiger partial charge < -0.3 is 4.90 Å². The number of hydrogen-bond donors (Lipinski definition) is 0. The highest BCUT2D eigenvalue weighted by Crippen LogP contribution is 2.32. The number of carbonyl (C=O) groups is 1. The number of alkyl halides is 3. The van der Waals surface area contributed by atoms with Gasteiger partial charge in [-0.2, -0.15) is 18.3 Å². The van der Waals surface area contributed by atoms with E-state index >= 15 is 0 Å². The Hall–Kier alpha value is -2.53. The van der Waals surface area contributed by atoms with Gasteiger partial charge in [-0.25, -0.2) is 0 Å². The van der Waals surface area contributed by atoms with Crippen molar-refractivity contribution < 1.29 is 18.0 Å². The Kier molecular flexibility index (Phi) is 4.68. The van der Waals surface area contributed by atoms with E-state index in [4.69, 9.17) is 0 Å². The summed E-state index contributed by atoms with van der Waals surface area (Å²) in [7, 11) is -1.63. The van der Waals surface area contributed by atoms with Crippen LogP contribution in [-0.4, -0.2) is 30.3 Å². The number of benzene rings is 1. The van der Waals surface area contributed by atoms with Gasteiger partial charge in [0.25, 0.3) is 5.91 Å². The predicted octanol–water partition coefficient (Wildman–Crippen LogP) is 4.35. The number of carbonyl (C=O) groups excluding carboxylic acids is 1. The van der Waals surface area contributed by atoms with Gasteiger partial charge in [0.1, 0.15) is 13.8 Å². The first kappa shape index (κ1) is 19.2. The molecule has 3 rings (SSSR count). The molecule has 0 saturated heterocycles. The van der Waals surface area contributed by atoms with Gasteiger partial charge in [-0.05, 0) is 31.2 Å². The predicted molar refractivity (Wildman–Crippen MR) is 100 cm³/mol. The lowest BCUT2D eigenvalue weighted by atomic mass is 10.1. The standard InChI is InChI=1S/C19H20F3N3OSi/c1-13-12-24(16-7-5-15(6-8-16)19(20,21)22)18(26)17-14(11-23-25(13)17)9-10-27(2,3)4/h5-8,11,13H,12H2,1-4H3/t13-/m0/s1. The fourth-order valence-corrected chi connectivity index (χ4v) is 3.37. The molecule has 1 aliphatic heterocycles. The summed E-state index contributed by atoms with van der Waals surface area (Å²) in [6, 6.07) is 4.53. The lowest BCUT2D eigenvalue weighted by Gasteiger charge is -2.32. The highest BCUT2D eigenvalue weighted by Gasteiger charge is 2.34. The Morgan fingerprint density at radius 2 is 1.81 bits per heavy atom. The fourth-order valence-electron chi connectivity index (χ4n) is 2.86. The summed E-state index contributed by atoms with van der Waals surface area (Å²) in [6.45, 7) is 8.56. The fraction of sp³-hybridized carbons (Fsp3) is 0.368. The molecule has 0 spiro atoms. The van der Waals surface area contributed by atoms with Gasteiger partial charge in [0.15, 0.2) is 0 Å². The molecular formula is C19H20F3N3OSi. The summed E-state index contributed by atoms with van der Waals surface area (Å²) < 4.78 is 40.0. The topological polar surface area (TPSA) is 38.1 Å². The highest BCUT2D eigenvalue weighted by atomic mass is 28.3. The van der Waals surface area contributed by atoms with E-state index in [1.54, 1.807) is 10.9 Å². The van der Waals surface area contributed by atoms with Crippen LogP contribution in [0.1, 0.15) is 34.6 Å². The highest BCUT2D eigenvalue weighted by molar-refractivity contribution is 6.83. The molecule has 4 nitrogen and oxygen atoms in total. The molecule has 2 heterocycles. The largest absolute Gasteiger partial charge is 0.416 e. The van der Waals surface area contributed by atoms with Crippen LogP contribution in [0.2, 0.25) is 19.6 Å². The van der Waals surface area contributed by atoms with Gasteiger partial charge in [-0.3, -0.25) is 9.48 Å². The summed E-state index contributed by atoms with van der Waals surface area (Å²) in [5, 5.41) is 4.30. The van der Waals surface area contributed by atoms with E-state index in [2.05, 4.69) is 36.2 Å². The number of amides is 1. The van der Waals surface area contributed by atoms with Crippen LogP contribution in [0.4, 0.5) is 18.9 Å². The number of anilines is 1. The van der Waals surface area contributed by atoms with Crippen molar-refractivity contribution in [2.75, 3.05) is 11.4 Å². The first-order chi connectivity index (χ1) is 12.5. The monoisotopic (exact) mass is 391 g/mol. The smallest absolute Gasteiger partial charge is 0.305 e. The molecule has 0 bridgehead atoms. The molecule has 142 valence electrons. The van der Waals surface area contributed by atoms with E-state index in [9.17, 15) is 18.0 Å². The number of halogens is 3. The molecule has 0 N–H and O–H groups in total. The van der Waals surface area contributed by atoms with Crippen LogP contribution in [0.5, 0.6) is 0 Å². The molecule has 0 fully saturated rings. The number of hydrogen-bond acceptors (Lipinski definition) is 2. The summed E-state index contributed by atoms with van der Waals surface area (Å²) >= 11 is 0. The second kappa shape index (κ2) is 6.57. The molecule has 27 heavy (non-hydrogen) atoms. The van der Waals surface area contributed by atoms with E-state index in [0.29, 0.717) is 23.5 Å². The Balaban J connectivity index is 1.98. The third-order valence-corrected chi connectivity index (χ3v) is 5.06. The zero-order valence-electron chi connectivity index (χ0n) is 15.6. The van der Waals surface area contributed by atoms with Crippen molar-refractivity contribution in [1.82, 2.24) is 9.78 Å². The molecule has 0 saturated carbocycles. The quantitative estimate of drug-likeness (QED) is 0.535. The molecule has 1 amide bonds. The summed E-state index contributed by atoms with van der Waals surface area (Å²) in [6.07, 6.45) is -2.82. The van der Waals surface area contributed by atoms with Gasteiger partial charge in [-0.1, -0.05) is 25.6 Å². The van der Waals surface area contributed by atoms with E-state index in [1.165, 1.54) is 17.0 Å². The Labute approximate surface area is 157 Å². The van der Waals surface area contributed by atoms with E-state index in [-0.39, 0.29) is 11.9 Å². The van der Waals surface area contributed by atoms with Gasteiger partial charge in [0.2, 0.25) is 0 Å². The number of aromatic nitrogens is 2. The minimum atomic E-state index is -4.41. The van der Waals surface area contributed by atoms with Crippen molar-refractivity contribution in [3.8, 4) is 11.5 Å². The van der Waals surface area contributed by atoms with Crippen LogP contribution in [0, 0.1) is 11.5 Å². The third kappa shape index (κ3) is 3.93. The molecule has 0 radical (unpaired) electrons. The molecule has 1 atom stereocenters. The summed E-state index contributed by atoms with van der Waals surface area (Å²) in [4.78, 5) is 14.5. The van der Waals surface area contributed by atoms with Crippen molar-refractivity contribution in [2.45, 2.75) is 38.8 Å². The SMILES string of the molecule is C[C@H]1CN(c2ccc(C(F)(F)F)cc2)C(=O)c2c(C#C[Si](C)(C)C)cnn21. The van der Waals surface area contributed by atoms with Crippen LogP contribution in [-0.2, 0) is 6.18 Å². The molecular weight excluding hydrogens is 371 g/mol. The zero-order valence-corrected chi connectivity index (χ0v) is 16.6. The minimum absolute atomic E-state index is 0.109. The molecule has 2 aromatic rings. The Morgan fingerprint density at radius 3 is 2.37 bits per heavy atom. The van der Waals surface area contributed by atoms with Gasteiger partial charge >= 0.3 is 6.18 Å². The minimum Gasteiger partial charge on any atom is -0.305 e. The van der Waals surface area contributed by atoms with E-state index in [1.807, 2.05) is 6.92 Å². The Bertz CT molecular complexity index is 930. The average molecular weight is 391 g/mol. The molecule has 0 aliphatic carbocycles. The normalized spacial score (nSPS) is 17.4. The molecule has 1 aromatic heterocycles. The first-order valence-corrected chi connectivity index (χ1v) is 12.1. The summed E-state index contributed by atoms with van der Waals surface area (Å²) in [5.41, 5.74) is 3.86. The van der Waals surface area contributed by atoms with Gasteiger partial charge in [0, 0.05) is 12.2 Å². The molecule has 1 aliphatic rings. The second-order valence-corrected chi connectivity index (χ2v) is 12.4. The van der Waals surface area contributed by atoms with Gasteiger partial charge in [0.05, 0.1) is 23.4 Å². The van der Waals surface area contributed by atoms with Crippen molar-refractivity contribution in [1.29, 1.82) is 0 Å². The molecule has 1 aromatic carbocycles. The van der Waals surface area contributed by atoms with Crippen molar-refractivity contribution >= 4 is 19.7 Å². The Morgan fingerprint density at radius 1 is 1.19 bits per heavy atom. The number of fused-ring (bicyclic) bond motifs is 1. The third-order valence-electron chi connectivity index (χ3n) is 4.19. The van der Waals surface area contributed by atoms with Crippen LogP contribution in [0.3, 0.4) is 0 Å². The average Bonchev–Trinajstić information content (AvgIpc) is 3.00. The maximum absolute atomic E-state index is 13.0. The van der Waals surface area contributed by atoms with Crippen molar-refractivity contribution in [2.24, 2.45) is 0 Å². The number of nitrogens with zero attached hydrogens (tertiary/aromatic N) is 3.